The highest BCUT2D eigenvalue weighted by Gasteiger charge is 2.53. The van der Waals surface area contributed by atoms with E-state index in [4.69, 9.17) is 37.6 Å². The summed E-state index contributed by atoms with van der Waals surface area (Å²) in [6.45, 7) is 12.9. The molecule has 4 heterocycles. The predicted molar refractivity (Wildman–Crippen MR) is 187 cm³/mol. The molecular formula is C39H56O8Si. The fourth-order valence-corrected chi connectivity index (χ4v) is 10.8. The maximum atomic E-state index is 7.26. The van der Waals surface area contributed by atoms with E-state index >= 15 is 0 Å². The first-order chi connectivity index (χ1) is 23.4. The van der Waals surface area contributed by atoms with Crippen LogP contribution in [0.3, 0.4) is 0 Å². The van der Waals surface area contributed by atoms with E-state index in [1.54, 1.807) is 7.11 Å². The number of benzene rings is 2. The Bertz CT molecular complexity index is 1280. The topological polar surface area (TPSA) is 73.8 Å². The third-order valence-corrected chi connectivity index (χ3v) is 15.7. The van der Waals surface area contributed by atoms with Crippen molar-refractivity contribution in [2.75, 3.05) is 13.7 Å². The Morgan fingerprint density at radius 3 is 2.21 bits per heavy atom. The van der Waals surface area contributed by atoms with Crippen LogP contribution in [0.15, 0.2) is 66.9 Å². The van der Waals surface area contributed by atoms with Gasteiger partial charge in [0.1, 0.15) is 29.8 Å². The molecule has 9 heteroatoms. The third-order valence-electron chi connectivity index (χ3n) is 11.1. The van der Waals surface area contributed by atoms with Gasteiger partial charge in [-0.3, -0.25) is 0 Å². The van der Waals surface area contributed by atoms with Gasteiger partial charge < -0.3 is 37.6 Å². The SMILES string of the molecule is C=C1O[C@H]2C[C@H]3O[C@H]4C[C@H](CCOCc5ccccc5)O[C@@H]4C[C@H](O[Si](CC)(CC)CC)[C@@H]3O[C@@H]2CC[C@@H]1OCc1ccc(OC)cc1. The van der Waals surface area contributed by atoms with Gasteiger partial charge in [0.15, 0.2) is 8.32 Å². The normalized spacial score (nSPS) is 31.9. The van der Waals surface area contributed by atoms with Crippen molar-refractivity contribution in [1.29, 1.82) is 0 Å². The van der Waals surface area contributed by atoms with Gasteiger partial charge in [0.2, 0.25) is 0 Å². The maximum absolute atomic E-state index is 7.26. The number of ether oxygens (including phenoxy) is 7. The van der Waals surface area contributed by atoms with Crippen LogP contribution in [0.25, 0.3) is 0 Å². The Morgan fingerprint density at radius 1 is 0.750 bits per heavy atom. The quantitative estimate of drug-likeness (QED) is 0.148. The molecule has 6 rings (SSSR count). The van der Waals surface area contributed by atoms with E-state index in [-0.39, 0.29) is 54.9 Å². The van der Waals surface area contributed by atoms with E-state index in [0.717, 1.165) is 68.0 Å². The van der Waals surface area contributed by atoms with E-state index < -0.39 is 8.32 Å². The van der Waals surface area contributed by atoms with Crippen LogP contribution >= 0.6 is 0 Å². The first-order valence-electron chi connectivity index (χ1n) is 18.3. The zero-order valence-corrected chi connectivity index (χ0v) is 30.4. The summed E-state index contributed by atoms with van der Waals surface area (Å²) in [4.78, 5) is 0. The molecule has 0 amide bonds. The fourth-order valence-electron chi connectivity index (χ4n) is 7.91. The van der Waals surface area contributed by atoms with Crippen molar-refractivity contribution in [1.82, 2.24) is 0 Å². The largest absolute Gasteiger partial charge is 0.497 e. The summed E-state index contributed by atoms with van der Waals surface area (Å²) in [5.74, 6) is 1.51. The molecule has 0 aliphatic carbocycles. The molecule has 0 N–H and O–H groups in total. The molecule has 48 heavy (non-hydrogen) atoms. The monoisotopic (exact) mass is 680 g/mol. The minimum atomic E-state index is -1.93. The predicted octanol–water partition coefficient (Wildman–Crippen LogP) is 7.74. The van der Waals surface area contributed by atoms with Gasteiger partial charge in [-0.05, 0) is 60.7 Å². The van der Waals surface area contributed by atoms with Crippen LogP contribution in [0.5, 0.6) is 5.75 Å². The molecule has 2 aromatic carbocycles. The number of rotatable bonds is 14. The molecule has 0 unspecified atom stereocenters. The smallest absolute Gasteiger partial charge is 0.192 e. The summed E-state index contributed by atoms with van der Waals surface area (Å²) < 4.78 is 52.1. The van der Waals surface area contributed by atoms with Gasteiger partial charge in [0.25, 0.3) is 0 Å². The highest BCUT2D eigenvalue weighted by molar-refractivity contribution is 6.73. The zero-order chi connectivity index (χ0) is 33.5. The molecule has 0 aromatic heterocycles. The summed E-state index contributed by atoms with van der Waals surface area (Å²) in [6, 6.07) is 21.6. The van der Waals surface area contributed by atoms with E-state index in [1.807, 2.05) is 42.5 Å². The van der Waals surface area contributed by atoms with Crippen LogP contribution in [0.1, 0.15) is 70.4 Å². The van der Waals surface area contributed by atoms with Gasteiger partial charge in [0, 0.05) is 25.9 Å². The molecule has 4 saturated heterocycles. The molecule has 2 aromatic rings. The summed E-state index contributed by atoms with van der Waals surface area (Å²) in [6.07, 6.45) is 4.19. The minimum absolute atomic E-state index is 0.000813. The highest BCUT2D eigenvalue weighted by atomic mass is 28.4. The lowest BCUT2D eigenvalue weighted by atomic mass is 9.92. The van der Waals surface area contributed by atoms with Gasteiger partial charge in [-0.2, -0.15) is 0 Å². The molecule has 4 fully saturated rings. The van der Waals surface area contributed by atoms with Gasteiger partial charge in [0.05, 0.1) is 56.9 Å². The first-order valence-corrected chi connectivity index (χ1v) is 20.8. The van der Waals surface area contributed by atoms with Crippen LogP contribution in [0.4, 0.5) is 0 Å². The lowest BCUT2D eigenvalue weighted by molar-refractivity contribution is -0.210. The van der Waals surface area contributed by atoms with Gasteiger partial charge in [-0.25, -0.2) is 0 Å². The molecule has 8 nitrogen and oxygen atoms in total. The molecule has 0 radical (unpaired) electrons. The first kappa shape index (κ1) is 35.6. The van der Waals surface area contributed by atoms with E-state index in [0.29, 0.717) is 25.6 Å². The van der Waals surface area contributed by atoms with Crippen molar-refractivity contribution < 1.29 is 37.6 Å². The van der Waals surface area contributed by atoms with Crippen molar-refractivity contribution in [2.24, 2.45) is 0 Å². The Morgan fingerprint density at radius 2 is 1.48 bits per heavy atom. The van der Waals surface area contributed by atoms with E-state index in [1.165, 1.54) is 5.56 Å². The molecule has 264 valence electrons. The second-order valence-electron chi connectivity index (χ2n) is 13.9. The summed E-state index contributed by atoms with van der Waals surface area (Å²) in [5.41, 5.74) is 2.27. The average Bonchev–Trinajstić information content (AvgIpc) is 3.34. The molecule has 0 spiro atoms. The molecule has 4 aliphatic rings. The number of hydrogen-bond donors (Lipinski definition) is 0. The van der Waals surface area contributed by atoms with Crippen molar-refractivity contribution in [2.45, 2.75) is 146 Å². The lowest BCUT2D eigenvalue weighted by Gasteiger charge is -2.44. The van der Waals surface area contributed by atoms with Crippen molar-refractivity contribution in [3.63, 3.8) is 0 Å². The van der Waals surface area contributed by atoms with Crippen LogP contribution in [0, 0.1) is 0 Å². The average molecular weight is 681 g/mol. The Balaban J connectivity index is 1.11. The van der Waals surface area contributed by atoms with Crippen molar-refractivity contribution in [3.8, 4) is 5.75 Å². The summed E-state index contributed by atoms with van der Waals surface area (Å²) in [7, 11) is -0.257. The number of methoxy groups -OCH3 is 1. The molecular weight excluding hydrogens is 625 g/mol. The van der Waals surface area contributed by atoms with E-state index in [9.17, 15) is 0 Å². The second-order valence-corrected chi connectivity index (χ2v) is 18.7. The van der Waals surface area contributed by atoms with Gasteiger partial charge >= 0.3 is 0 Å². The van der Waals surface area contributed by atoms with Crippen molar-refractivity contribution >= 4 is 8.32 Å². The van der Waals surface area contributed by atoms with Crippen LogP contribution in [-0.2, 0) is 46.1 Å². The lowest BCUT2D eigenvalue weighted by Crippen LogP contribution is -2.55. The summed E-state index contributed by atoms with van der Waals surface area (Å²) in [5, 5.41) is 0. The van der Waals surface area contributed by atoms with Crippen molar-refractivity contribution in [3.05, 3.63) is 78.1 Å². The van der Waals surface area contributed by atoms with Crippen LogP contribution in [-0.4, -0.2) is 77.0 Å². The molecule has 0 saturated carbocycles. The summed E-state index contributed by atoms with van der Waals surface area (Å²) >= 11 is 0. The maximum Gasteiger partial charge on any atom is 0.192 e. The van der Waals surface area contributed by atoms with Crippen LogP contribution < -0.4 is 4.74 Å². The third kappa shape index (κ3) is 8.54. The Hall–Kier alpha value is -2.24. The highest BCUT2D eigenvalue weighted by Crippen LogP contribution is 2.43. The number of fused-ring (bicyclic) bond motifs is 3. The molecule has 0 bridgehead atoms. The Labute approximate surface area is 288 Å². The zero-order valence-electron chi connectivity index (χ0n) is 29.4. The molecule has 9 atom stereocenters. The van der Waals surface area contributed by atoms with Gasteiger partial charge in [-0.1, -0.05) is 69.8 Å². The fraction of sp³-hybridized carbons (Fsp3) is 0.641. The van der Waals surface area contributed by atoms with E-state index in [2.05, 4.69) is 39.5 Å². The van der Waals surface area contributed by atoms with Crippen LogP contribution in [0.2, 0.25) is 18.1 Å². The van der Waals surface area contributed by atoms with Gasteiger partial charge in [-0.15, -0.1) is 0 Å². The Kier molecular flexibility index (Phi) is 12.3. The standard InChI is InChI=1S/C39H56O8Si/c1-6-48(7-2,8-3)47-38-24-36-34(22-31(44-36)20-21-41-25-28-12-10-9-11-13-28)45-37-23-35-33(46-39(37)38)19-18-32(27(4)43-35)42-26-29-14-16-30(40-5)17-15-29/h9-17,31-39H,4,6-8,18-26H2,1-3,5H3/t31-,32-,33+,34-,35-,36+,37+,38-,39+/m0/s1. The second kappa shape index (κ2) is 16.6. The molecule has 4 aliphatic heterocycles. The minimum Gasteiger partial charge on any atom is -0.497 e. The number of hydrogen-bond acceptors (Lipinski definition) is 8.